The maximum atomic E-state index is 5.81. The second kappa shape index (κ2) is 21.6. The molecule has 0 fully saturated rings. The third-order valence-corrected chi connectivity index (χ3v) is 24.3. The Kier molecular flexibility index (Phi) is 12.1. The van der Waals surface area contributed by atoms with Crippen LogP contribution in [-0.2, 0) is 0 Å². The molecule has 100 heavy (non-hydrogen) atoms. The van der Waals surface area contributed by atoms with E-state index >= 15 is 0 Å². The van der Waals surface area contributed by atoms with Gasteiger partial charge in [0.25, 0.3) is 0 Å². The van der Waals surface area contributed by atoms with E-state index in [2.05, 4.69) is 335 Å². The van der Waals surface area contributed by atoms with Gasteiger partial charge in [-0.3, -0.25) is 4.57 Å². The first-order chi connectivity index (χ1) is 49.5. The van der Waals surface area contributed by atoms with Crippen molar-refractivity contribution in [3.8, 4) is 73.1 Å². The van der Waals surface area contributed by atoms with Crippen molar-refractivity contribution in [2.45, 2.75) is 0 Å². The highest BCUT2D eigenvalue weighted by atomic mass is 32.1. The second-order valence-corrected chi connectivity index (χ2v) is 29.6. The molecule has 0 saturated carbocycles. The summed E-state index contributed by atoms with van der Waals surface area (Å²) in [7, 11) is 0. The molecule has 0 aliphatic heterocycles. The van der Waals surface area contributed by atoms with Crippen LogP contribution in [0.15, 0.2) is 322 Å². The number of fused-ring (bicyclic) bond motifs is 19. The van der Waals surface area contributed by atoms with E-state index in [1.54, 1.807) is 0 Å². The van der Waals surface area contributed by atoms with Gasteiger partial charge in [0.2, 0.25) is 5.95 Å². The topological polar surface area (TPSA) is 40.6 Å². The molecule has 0 aliphatic rings. The molecule has 22 aromatic rings. The summed E-state index contributed by atoms with van der Waals surface area (Å²) in [5.74, 6) is 0.616. The number of aromatic nitrogens is 5. The molecule has 8 heteroatoms. The first-order valence-corrected chi connectivity index (χ1v) is 36.4. The van der Waals surface area contributed by atoms with Crippen LogP contribution in [-0.4, -0.2) is 23.7 Å². The summed E-state index contributed by atoms with van der Waals surface area (Å²) in [4.78, 5) is 11.4. The molecule has 0 aliphatic carbocycles. The fourth-order valence-corrected chi connectivity index (χ4v) is 19.6. The van der Waals surface area contributed by atoms with E-state index in [9.17, 15) is 0 Å². The summed E-state index contributed by atoms with van der Waals surface area (Å²) in [6, 6.07) is 119. The molecular weight excluding hydrogens is 1270 g/mol. The molecule has 0 amide bonds. The third-order valence-electron chi connectivity index (χ3n) is 20.9. The van der Waals surface area contributed by atoms with Crippen molar-refractivity contribution in [1.82, 2.24) is 23.7 Å². The SMILES string of the molecule is c1ccc2c(c1)sc1cc(-c3ccc4c5ccccc5n(-c5ccc(-c6ccc(-c7nc(-n8c9ccccc9c9ccc(-c%10ccc%11c(c%10)sc%10ccccc%10%11)cc98)nc8ccc(-n9c%10ccccc%10c%10ccc(-c%11ccc%12c(c%11)sc%11ccccc%11%12)cc%109)cc78)cc6)cc5)c4c3)ccc12. The summed E-state index contributed by atoms with van der Waals surface area (Å²) in [5, 5.41) is 16.0. The Labute approximate surface area is 584 Å². The molecule has 0 atom stereocenters. The van der Waals surface area contributed by atoms with Gasteiger partial charge >= 0.3 is 0 Å². The monoisotopic (exact) mass is 1320 g/mol. The minimum Gasteiger partial charge on any atom is -0.309 e. The Bertz CT molecular complexity index is 7220. The van der Waals surface area contributed by atoms with Crippen LogP contribution in [0.3, 0.4) is 0 Å². The van der Waals surface area contributed by atoms with E-state index in [0.717, 1.165) is 83.1 Å². The summed E-state index contributed by atoms with van der Waals surface area (Å²) >= 11 is 5.58. The molecular formula is C92H53N5S3. The minimum atomic E-state index is 0.616. The average molecular weight is 1320 g/mol. The van der Waals surface area contributed by atoms with Crippen molar-refractivity contribution in [2.24, 2.45) is 0 Å². The number of rotatable bonds is 8. The van der Waals surface area contributed by atoms with Crippen molar-refractivity contribution in [3.63, 3.8) is 0 Å². The highest BCUT2D eigenvalue weighted by molar-refractivity contribution is 7.26. The van der Waals surface area contributed by atoms with Crippen LogP contribution in [0.25, 0.3) is 210 Å². The first-order valence-electron chi connectivity index (χ1n) is 33.9. The lowest BCUT2D eigenvalue weighted by Gasteiger charge is -2.15. The van der Waals surface area contributed by atoms with Crippen molar-refractivity contribution in [3.05, 3.63) is 322 Å². The molecule has 0 unspecified atom stereocenters. The normalized spacial score (nSPS) is 12.2. The van der Waals surface area contributed by atoms with Gasteiger partial charge in [0.05, 0.1) is 44.3 Å². The van der Waals surface area contributed by atoms with Crippen molar-refractivity contribution in [1.29, 1.82) is 0 Å². The van der Waals surface area contributed by atoms with E-state index in [1.807, 2.05) is 34.0 Å². The predicted molar refractivity (Wildman–Crippen MR) is 428 cm³/mol. The third kappa shape index (κ3) is 8.52. The van der Waals surface area contributed by atoms with Gasteiger partial charge in [-0.1, -0.05) is 218 Å². The maximum absolute atomic E-state index is 5.81. The molecule has 15 aromatic carbocycles. The van der Waals surface area contributed by atoms with Gasteiger partial charge in [-0.05, 0) is 148 Å². The van der Waals surface area contributed by atoms with Crippen molar-refractivity contribution < 1.29 is 0 Å². The van der Waals surface area contributed by atoms with Crippen LogP contribution < -0.4 is 0 Å². The number of benzene rings is 15. The Morgan fingerprint density at radius 1 is 0.190 bits per heavy atom. The van der Waals surface area contributed by atoms with Crippen LogP contribution in [0.4, 0.5) is 0 Å². The van der Waals surface area contributed by atoms with E-state index in [4.69, 9.17) is 9.97 Å². The summed E-state index contributed by atoms with van der Waals surface area (Å²) in [6.45, 7) is 0. The van der Waals surface area contributed by atoms with E-state index in [0.29, 0.717) is 5.95 Å². The standard InChI is InChI=1S/C92H53N5S3/c1-7-19-79-65(13-1)68-40-31-57(60-34-43-74-71-16-4-10-22-85(71)98-88(74)50-60)47-82(68)95(79)63-37-29-55(30-38-63)54-25-27-56(28-26-54)91-77-53-64(96-80-20-8-2-14-66(80)69-41-32-58(48-83(69)96)61-35-44-75-72-17-5-11-23-86(72)99-89(75)51-61)39-46-78(77)93-92(94-91)97-81-21-9-3-15-67(81)70-42-33-59(49-84(70)97)62-36-45-76-73-18-6-12-24-87(73)100-90(76)52-62/h1-53H. The van der Waals surface area contributed by atoms with Crippen LogP contribution in [0.1, 0.15) is 0 Å². The van der Waals surface area contributed by atoms with E-state index < -0.39 is 0 Å². The molecule has 0 radical (unpaired) electrons. The van der Waals surface area contributed by atoms with Crippen LogP contribution in [0.5, 0.6) is 0 Å². The highest BCUT2D eigenvalue weighted by Gasteiger charge is 2.23. The zero-order valence-electron chi connectivity index (χ0n) is 53.6. The molecule has 5 nitrogen and oxygen atoms in total. The first kappa shape index (κ1) is 55.8. The average Bonchev–Trinajstić information content (AvgIpc) is 1.55. The molecule has 22 rings (SSSR count). The molecule has 464 valence electrons. The van der Waals surface area contributed by atoms with Crippen LogP contribution in [0.2, 0.25) is 0 Å². The lowest BCUT2D eigenvalue weighted by molar-refractivity contribution is 1.01. The van der Waals surface area contributed by atoms with Gasteiger partial charge in [0.15, 0.2) is 0 Å². The van der Waals surface area contributed by atoms with Gasteiger partial charge in [-0.15, -0.1) is 34.0 Å². The van der Waals surface area contributed by atoms with Crippen LogP contribution >= 0.6 is 34.0 Å². The fourth-order valence-electron chi connectivity index (χ4n) is 16.1. The molecule has 0 bridgehead atoms. The number of nitrogens with zero attached hydrogens (tertiary/aromatic N) is 5. The number of hydrogen-bond acceptors (Lipinski definition) is 5. The second-order valence-electron chi connectivity index (χ2n) is 26.4. The zero-order valence-corrected chi connectivity index (χ0v) is 56.0. The van der Waals surface area contributed by atoms with Crippen LogP contribution in [0, 0.1) is 0 Å². The number of hydrogen-bond donors (Lipinski definition) is 0. The quantitative estimate of drug-likeness (QED) is 0.152. The molecule has 0 N–H and O–H groups in total. The summed E-state index contributed by atoms with van der Waals surface area (Å²) in [5.41, 5.74) is 21.0. The van der Waals surface area contributed by atoms with Gasteiger partial charge in [0.1, 0.15) is 0 Å². The number of thiophene rings is 3. The Hall–Kier alpha value is -12.3. The van der Waals surface area contributed by atoms with Crippen molar-refractivity contribution in [2.75, 3.05) is 0 Å². The van der Waals surface area contributed by atoms with E-state index in [1.165, 1.54) is 121 Å². The Morgan fingerprint density at radius 3 is 0.950 bits per heavy atom. The largest absolute Gasteiger partial charge is 0.309 e. The molecule has 7 aromatic heterocycles. The summed E-state index contributed by atoms with van der Waals surface area (Å²) in [6.07, 6.45) is 0. The number of para-hydroxylation sites is 3. The zero-order chi connectivity index (χ0) is 65.3. The fraction of sp³-hybridized carbons (Fsp3) is 0. The predicted octanol–water partition coefficient (Wildman–Crippen LogP) is 26.4. The Balaban J connectivity index is 0.686. The lowest BCUT2D eigenvalue weighted by Crippen LogP contribution is -2.04. The van der Waals surface area contributed by atoms with Gasteiger partial charge in [0, 0.05) is 115 Å². The lowest BCUT2D eigenvalue weighted by atomic mass is 10.0. The molecule has 0 saturated heterocycles. The van der Waals surface area contributed by atoms with Crippen molar-refractivity contribution >= 4 is 171 Å². The van der Waals surface area contributed by atoms with Gasteiger partial charge < -0.3 is 9.13 Å². The van der Waals surface area contributed by atoms with Gasteiger partial charge in [-0.25, -0.2) is 9.97 Å². The molecule has 7 heterocycles. The van der Waals surface area contributed by atoms with E-state index in [-0.39, 0.29) is 0 Å². The highest BCUT2D eigenvalue weighted by Crippen LogP contribution is 2.45. The minimum absolute atomic E-state index is 0.616. The summed E-state index contributed by atoms with van der Waals surface area (Å²) < 4.78 is 15.0. The van der Waals surface area contributed by atoms with Gasteiger partial charge in [-0.2, -0.15) is 0 Å². The maximum Gasteiger partial charge on any atom is 0.235 e. The molecule has 0 spiro atoms. The smallest absolute Gasteiger partial charge is 0.235 e. The Morgan fingerprint density at radius 2 is 0.500 bits per heavy atom.